The number of benzene rings is 12. The predicted molar refractivity (Wildman–Crippen MR) is 559 cm³/mol. The molecule has 16 heterocycles. The fraction of sp³-hybridized carbons (Fsp3) is 0.0645. The molecule has 28 aromatic rings. The average molecular weight is 1790 g/mol. The summed E-state index contributed by atoms with van der Waals surface area (Å²) in [6.07, 6.45) is 30.2. The number of aromatic nitrogens is 16. The fourth-order valence-electron chi connectivity index (χ4n) is 25.8. The highest BCUT2D eigenvalue weighted by Gasteiger charge is 2.36. The maximum absolute atomic E-state index is 5.07. The van der Waals surface area contributed by atoms with Crippen LogP contribution >= 0.6 is 0 Å². The molecular weight excluding hydrogens is 1710 g/mol. The number of hydrogen-bond donors (Lipinski definition) is 0. The molecule has 0 spiro atoms. The van der Waals surface area contributed by atoms with Crippen LogP contribution in [0, 0.1) is 0 Å². The van der Waals surface area contributed by atoms with E-state index in [0.717, 1.165) is 178 Å². The standard InChI is InChI=1S/4C31H18N4/c1-2-5-20-17(4-1)13-25-21(20)8-7-18-12-19-14-24-22-6-3-10-33-30(22)35-28-16-32-11-9-27(28)34-31(35)26(24)15-23(19)29(18)25;1-2-5-19-17(4-1)12-24-20(19)7-8-21-23-15-27-26(14-18(23)13-25(21)24)22-6-3-10-33-30(22)35-29-16-32-11-9-28(29)34-31(27)35;1-2-5-21-17(4-1)12-18-7-8-19-13-20-14-24-22-6-3-10-33-30(22)35-27-16-32-11-9-26(27)34-31(35)25(24)15-23(20)29(19)28(18)21;1-2-5-21-17(4-1)10-18-11-19-12-20-13-26-22-6-3-8-33-30(22)35-29-16-32-9-7-28(29)34-31(35)27(26)15-25(20)24(19)14-23(18)21/h3*1-11,14-16H,12-13H2;1-9,11,13-16H,10,12H2. The molecule has 0 aliphatic heterocycles. The van der Waals surface area contributed by atoms with Crippen molar-refractivity contribution in [3.05, 3.63) is 430 Å². The summed E-state index contributed by atoms with van der Waals surface area (Å²) in [6.45, 7) is 0. The van der Waals surface area contributed by atoms with Crippen molar-refractivity contribution in [1.82, 2.24) is 77.4 Å². The van der Waals surface area contributed by atoms with Gasteiger partial charge >= 0.3 is 0 Å². The van der Waals surface area contributed by atoms with Crippen LogP contribution in [0.1, 0.15) is 89.0 Å². The van der Waals surface area contributed by atoms with Gasteiger partial charge in [-0.25, -0.2) is 39.9 Å². The summed E-state index contributed by atoms with van der Waals surface area (Å²) < 4.78 is 8.68. The Morgan fingerprint density at radius 2 is 0.450 bits per heavy atom. The Kier molecular flexibility index (Phi) is 14.9. The molecule has 0 amide bonds. The lowest BCUT2D eigenvalue weighted by molar-refractivity contribution is 1.16. The van der Waals surface area contributed by atoms with E-state index in [2.05, 4.69) is 256 Å². The van der Waals surface area contributed by atoms with E-state index in [0.29, 0.717) is 0 Å². The number of fused-ring (bicyclic) bond motifs is 59. The van der Waals surface area contributed by atoms with Crippen LogP contribution in [0.5, 0.6) is 0 Å². The minimum Gasteiger partial charge on any atom is -0.274 e. The zero-order chi connectivity index (χ0) is 90.7. The summed E-state index contributed by atoms with van der Waals surface area (Å²) in [5, 5.41) is 14.1. The van der Waals surface area contributed by atoms with Crippen molar-refractivity contribution in [1.29, 1.82) is 0 Å². The van der Waals surface area contributed by atoms with Crippen LogP contribution in [0.15, 0.2) is 341 Å². The van der Waals surface area contributed by atoms with Crippen molar-refractivity contribution >= 4 is 154 Å². The van der Waals surface area contributed by atoms with Gasteiger partial charge < -0.3 is 0 Å². The minimum atomic E-state index is 0.927. The van der Waals surface area contributed by atoms with Gasteiger partial charge in [0, 0.05) is 92.7 Å². The third-order valence-corrected chi connectivity index (χ3v) is 31.8. The zero-order valence-corrected chi connectivity index (χ0v) is 75.1. The van der Waals surface area contributed by atoms with Crippen LogP contribution in [0.3, 0.4) is 0 Å². The lowest BCUT2D eigenvalue weighted by Crippen LogP contribution is -1.95. The van der Waals surface area contributed by atoms with Gasteiger partial charge in [0.15, 0.2) is 0 Å². The first-order chi connectivity index (χ1) is 69.4. The van der Waals surface area contributed by atoms with Gasteiger partial charge in [-0.05, 0) is 378 Å². The van der Waals surface area contributed by atoms with Gasteiger partial charge in [0.2, 0.25) is 0 Å². The highest BCUT2D eigenvalue weighted by molar-refractivity contribution is 6.20. The van der Waals surface area contributed by atoms with Crippen molar-refractivity contribution in [3.63, 3.8) is 0 Å². The van der Waals surface area contributed by atoms with E-state index in [1.54, 1.807) is 18.6 Å². The first-order valence-electron chi connectivity index (χ1n) is 48.2. The molecule has 0 fully saturated rings. The topological polar surface area (TPSA) is 172 Å². The van der Waals surface area contributed by atoms with Crippen molar-refractivity contribution in [2.75, 3.05) is 0 Å². The SMILES string of the molecule is c1ccc2c(c1)Cc1c-2ccc2c1-c1cc3c(cc1C2)c1cccnc1n1c2cnccc2nc31.c1ccc2c(c1)Cc1c-2ccc2c1Cc1cc3c4cccnc4n4c5cnccc5nc4c3cc1-2.c1ccc2c(c1)Cc1cc3c(cc1-2)-c1cc2c(cc1C3)c1cccnc1n1c3cnccc3nc21.c1ccc2c(c1)Cc1ccc3c(c1-2)-c1cc2c(cc1C3)c1cccnc1n1c3cnccc3nc21. The number of pyridine rings is 12. The molecule has 0 atom stereocenters. The molecular formula is C124H72N16. The molecule has 648 valence electrons. The van der Waals surface area contributed by atoms with Gasteiger partial charge in [0.25, 0.3) is 0 Å². The Bertz CT molecular complexity index is 10700. The average Bonchev–Trinajstić information content (AvgIpc) is 1.55. The number of rotatable bonds is 0. The molecule has 140 heavy (non-hydrogen) atoms. The highest BCUT2D eigenvalue weighted by Crippen LogP contribution is 2.56. The van der Waals surface area contributed by atoms with E-state index >= 15 is 0 Å². The van der Waals surface area contributed by atoms with E-state index in [1.807, 2.05) is 104 Å². The summed E-state index contributed by atoms with van der Waals surface area (Å²) in [7, 11) is 0. The minimum absolute atomic E-state index is 0.927. The summed E-state index contributed by atoms with van der Waals surface area (Å²) in [5.74, 6) is 0. The monoisotopic (exact) mass is 1780 g/mol. The second-order valence-electron chi connectivity index (χ2n) is 38.8. The molecule has 0 saturated heterocycles. The maximum Gasteiger partial charge on any atom is 0.147 e. The number of hydrogen-bond acceptors (Lipinski definition) is 12. The second kappa shape index (κ2) is 27.7. The van der Waals surface area contributed by atoms with Gasteiger partial charge in [0.1, 0.15) is 45.2 Å². The quantitative estimate of drug-likeness (QED) is 0.132. The maximum atomic E-state index is 5.07. The van der Waals surface area contributed by atoms with Crippen LogP contribution in [-0.2, 0) is 51.4 Å². The molecule has 0 unspecified atom stereocenters. The first-order valence-corrected chi connectivity index (χ1v) is 48.2. The molecule has 16 heteroatoms. The zero-order valence-electron chi connectivity index (χ0n) is 75.1. The van der Waals surface area contributed by atoms with Gasteiger partial charge in [0.05, 0.1) is 68.9 Å². The van der Waals surface area contributed by atoms with Crippen LogP contribution in [0.25, 0.3) is 243 Å². The smallest absolute Gasteiger partial charge is 0.147 e. The molecule has 8 aliphatic carbocycles. The Hall–Kier alpha value is -18.3. The molecule has 16 nitrogen and oxygen atoms in total. The van der Waals surface area contributed by atoms with Crippen molar-refractivity contribution in [3.8, 4) is 89.0 Å². The van der Waals surface area contributed by atoms with Crippen LogP contribution in [0.4, 0.5) is 0 Å². The molecule has 16 aromatic heterocycles. The fourth-order valence-corrected chi connectivity index (χ4v) is 25.8. The summed E-state index contributed by atoms with van der Waals surface area (Å²) in [6, 6.07) is 98.0. The Balaban J connectivity index is 0.0000000829. The molecule has 8 aliphatic rings. The Labute approximate surface area is 796 Å². The third kappa shape index (κ3) is 10.3. The Morgan fingerprint density at radius 1 is 0.164 bits per heavy atom. The summed E-state index contributed by atoms with van der Waals surface area (Å²) in [5.41, 5.74) is 60.2. The van der Waals surface area contributed by atoms with Gasteiger partial charge in [-0.1, -0.05) is 140 Å². The van der Waals surface area contributed by atoms with Gasteiger partial charge in [-0.3, -0.25) is 37.5 Å². The lowest BCUT2D eigenvalue weighted by atomic mass is 9.92. The molecule has 12 aromatic carbocycles. The number of imidazole rings is 4. The summed E-state index contributed by atoms with van der Waals surface area (Å²) >= 11 is 0. The number of nitrogens with zero attached hydrogens (tertiary/aromatic N) is 16. The van der Waals surface area contributed by atoms with E-state index in [9.17, 15) is 0 Å². The van der Waals surface area contributed by atoms with Gasteiger partial charge in [-0.2, -0.15) is 0 Å². The van der Waals surface area contributed by atoms with E-state index in [1.165, 1.54) is 205 Å². The van der Waals surface area contributed by atoms with Crippen molar-refractivity contribution in [2.45, 2.75) is 51.4 Å². The summed E-state index contributed by atoms with van der Waals surface area (Å²) in [4.78, 5) is 56.8. The Morgan fingerprint density at radius 3 is 0.907 bits per heavy atom. The molecule has 36 rings (SSSR count). The van der Waals surface area contributed by atoms with E-state index in [4.69, 9.17) is 39.9 Å². The van der Waals surface area contributed by atoms with E-state index < -0.39 is 0 Å². The van der Waals surface area contributed by atoms with Crippen molar-refractivity contribution < 1.29 is 0 Å². The van der Waals surface area contributed by atoms with Crippen LogP contribution in [0.2, 0.25) is 0 Å². The van der Waals surface area contributed by atoms with Crippen molar-refractivity contribution in [2.24, 2.45) is 0 Å². The highest BCUT2D eigenvalue weighted by atomic mass is 15.1. The third-order valence-electron chi connectivity index (χ3n) is 31.8. The molecule has 0 radical (unpaired) electrons. The van der Waals surface area contributed by atoms with E-state index in [-0.39, 0.29) is 0 Å². The predicted octanol–water partition coefficient (Wildman–Crippen LogP) is 26.9. The van der Waals surface area contributed by atoms with Crippen LogP contribution < -0.4 is 0 Å². The molecule has 0 N–H and O–H groups in total. The normalized spacial score (nSPS) is 13.5. The molecule has 0 bridgehead atoms. The lowest BCUT2D eigenvalue weighted by Gasteiger charge is -2.13. The molecule has 0 saturated carbocycles. The van der Waals surface area contributed by atoms with Gasteiger partial charge in [-0.15, -0.1) is 0 Å². The first kappa shape index (κ1) is 75.1. The second-order valence-corrected chi connectivity index (χ2v) is 38.8. The largest absolute Gasteiger partial charge is 0.274 e. The van der Waals surface area contributed by atoms with Crippen LogP contribution in [-0.4, -0.2) is 77.4 Å².